The van der Waals surface area contributed by atoms with E-state index < -0.39 is 0 Å². The van der Waals surface area contributed by atoms with Crippen LogP contribution in [0.2, 0.25) is 0 Å². The molecule has 0 aliphatic carbocycles. The Morgan fingerprint density at radius 3 is 2.45 bits per heavy atom. The molecule has 31 heavy (non-hydrogen) atoms. The molecule has 6 heteroatoms. The molecular weight excluding hydrogens is 393 g/mol. The zero-order chi connectivity index (χ0) is 21.5. The number of benzene rings is 3. The molecule has 0 spiro atoms. The van der Waals surface area contributed by atoms with Gasteiger partial charge in [-0.15, -0.1) is 0 Å². The Morgan fingerprint density at radius 1 is 0.968 bits per heavy atom. The number of hydrogen-bond acceptors (Lipinski definition) is 4. The van der Waals surface area contributed by atoms with E-state index in [1.165, 1.54) is 12.1 Å². The molecule has 0 saturated carbocycles. The lowest BCUT2D eigenvalue weighted by molar-refractivity contribution is 0.274. The number of aromatic nitrogens is 3. The van der Waals surface area contributed by atoms with E-state index in [0.717, 1.165) is 50.1 Å². The van der Waals surface area contributed by atoms with Crippen LogP contribution in [0.15, 0.2) is 66.9 Å². The standard InChI is InChI=1S/C25H20FN3O2/c1-15-28-23-13-27-22-9-3-17(16-4-10-24(31-2)18(11-16)14-30)12-21(22)25(23)29(15)20-7-5-19(26)6-8-20/h3-13,30H,14H2,1-2H3. The predicted molar refractivity (Wildman–Crippen MR) is 119 cm³/mol. The maximum absolute atomic E-state index is 13.5. The third-order valence-corrected chi connectivity index (χ3v) is 5.52. The number of halogens is 1. The van der Waals surface area contributed by atoms with Gasteiger partial charge in [0.25, 0.3) is 0 Å². The maximum Gasteiger partial charge on any atom is 0.124 e. The molecule has 5 nitrogen and oxygen atoms in total. The highest BCUT2D eigenvalue weighted by Crippen LogP contribution is 2.33. The molecule has 2 heterocycles. The summed E-state index contributed by atoms with van der Waals surface area (Å²) in [5.74, 6) is 1.17. The number of imidazole rings is 1. The van der Waals surface area contributed by atoms with Crippen molar-refractivity contribution in [1.82, 2.24) is 14.5 Å². The number of aryl methyl sites for hydroxylation is 1. The molecule has 0 aliphatic heterocycles. The quantitative estimate of drug-likeness (QED) is 0.441. The molecule has 2 aromatic heterocycles. The highest BCUT2D eigenvalue weighted by Gasteiger charge is 2.15. The van der Waals surface area contributed by atoms with Gasteiger partial charge in [0.1, 0.15) is 22.9 Å². The van der Waals surface area contributed by atoms with Crippen molar-refractivity contribution in [3.8, 4) is 22.6 Å². The topological polar surface area (TPSA) is 60.2 Å². The van der Waals surface area contributed by atoms with Crippen LogP contribution in [0.4, 0.5) is 4.39 Å². The minimum atomic E-state index is -0.279. The Kier molecular flexibility index (Phi) is 4.64. The lowest BCUT2D eigenvalue weighted by atomic mass is 10.0. The molecule has 5 aromatic rings. The number of aliphatic hydroxyl groups is 1. The van der Waals surface area contributed by atoms with Crippen LogP contribution in [0.5, 0.6) is 5.75 Å². The summed E-state index contributed by atoms with van der Waals surface area (Å²) in [6, 6.07) is 18.2. The lowest BCUT2D eigenvalue weighted by Gasteiger charge is -2.11. The Labute approximate surface area is 178 Å². The van der Waals surface area contributed by atoms with Crippen LogP contribution in [0, 0.1) is 12.7 Å². The van der Waals surface area contributed by atoms with E-state index in [9.17, 15) is 9.50 Å². The van der Waals surface area contributed by atoms with Gasteiger partial charge in [-0.1, -0.05) is 12.1 Å². The van der Waals surface area contributed by atoms with Crippen LogP contribution >= 0.6 is 0 Å². The average molecular weight is 413 g/mol. The number of hydrogen-bond donors (Lipinski definition) is 1. The molecular formula is C25H20FN3O2. The Hall–Kier alpha value is -3.77. The molecule has 0 saturated heterocycles. The average Bonchev–Trinajstić information content (AvgIpc) is 3.15. The predicted octanol–water partition coefficient (Wildman–Crippen LogP) is 5.19. The SMILES string of the molecule is COc1ccc(-c2ccc3ncc4nc(C)n(-c5ccc(F)cc5)c4c3c2)cc1CO. The van der Waals surface area contributed by atoms with Crippen molar-refractivity contribution in [1.29, 1.82) is 0 Å². The van der Waals surface area contributed by atoms with E-state index in [1.54, 1.807) is 25.4 Å². The fourth-order valence-corrected chi connectivity index (χ4v) is 4.04. The third-order valence-electron chi connectivity index (χ3n) is 5.52. The number of rotatable bonds is 4. The first kappa shape index (κ1) is 19.2. The molecule has 0 atom stereocenters. The number of nitrogens with zero attached hydrogens (tertiary/aromatic N) is 3. The van der Waals surface area contributed by atoms with E-state index in [0.29, 0.717) is 5.75 Å². The van der Waals surface area contributed by atoms with E-state index >= 15 is 0 Å². The van der Waals surface area contributed by atoms with Crippen molar-refractivity contribution in [2.45, 2.75) is 13.5 Å². The Balaban J connectivity index is 1.76. The van der Waals surface area contributed by atoms with Gasteiger partial charge < -0.3 is 9.84 Å². The molecule has 0 unspecified atom stereocenters. The molecule has 0 radical (unpaired) electrons. The summed E-state index contributed by atoms with van der Waals surface area (Å²) in [7, 11) is 1.59. The van der Waals surface area contributed by atoms with Crippen molar-refractivity contribution in [2.75, 3.05) is 7.11 Å². The van der Waals surface area contributed by atoms with Gasteiger partial charge in [0.05, 0.1) is 30.9 Å². The maximum atomic E-state index is 13.5. The number of methoxy groups -OCH3 is 1. The fraction of sp³-hybridized carbons (Fsp3) is 0.120. The molecule has 0 aliphatic rings. The number of aliphatic hydroxyl groups excluding tert-OH is 1. The minimum absolute atomic E-state index is 0.104. The fourth-order valence-electron chi connectivity index (χ4n) is 4.04. The largest absolute Gasteiger partial charge is 0.496 e. The van der Waals surface area contributed by atoms with E-state index in [2.05, 4.69) is 16.0 Å². The van der Waals surface area contributed by atoms with Crippen LogP contribution in [0.3, 0.4) is 0 Å². The number of ether oxygens (including phenoxy) is 1. The van der Waals surface area contributed by atoms with Crippen molar-refractivity contribution in [3.63, 3.8) is 0 Å². The number of fused-ring (bicyclic) bond motifs is 3. The first-order valence-electron chi connectivity index (χ1n) is 9.91. The second kappa shape index (κ2) is 7.49. The van der Waals surface area contributed by atoms with Crippen LogP contribution in [0.25, 0.3) is 38.8 Å². The van der Waals surface area contributed by atoms with Crippen molar-refractivity contribution in [2.24, 2.45) is 0 Å². The zero-order valence-electron chi connectivity index (χ0n) is 17.1. The van der Waals surface area contributed by atoms with Gasteiger partial charge in [0.15, 0.2) is 0 Å². The normalized spacial score (nSPS) is 11.4. The smallest absolute Gasteiger partial charge is 0.124 e. The number of pyridine rings is 1. The summed E-state index contributed by atoms with van der Waals surface area (Å²) in [6.07, 6.45) is 1.77. The van der Waals surface area contributed by atoms with Gasteiger partial charge in [-0.2, -0.15) is 0 Å². The van der Waals surface area contributed by atoms with Gasteiger partial charge in [0.2, 0.25) is 0 Å². The molecule has 0 amide bonds. The Morgan fingerprint density at radius 2 is 1.71 bits per heavy atom. The van der Waals surface area contributed by atoms with Gasteiger partial charge in [-0.25, -0.2) is 9.37 Å². The van der Waals surface area contributed by atoms with Gasteiger partial charge in [-0.05, 0) is 66.6 Å². The van der Waals surface area contributed by atoms with Gasteiger partial charge >= 0.3 is 0 Å². The highest BCUT2D eigenvalue weighted by molar-refractivity contribution is 6.04. The van der Waals surface area contributed by atoms with E-state index in [4.69, 9.17) is 4.74 Å². The summed E-state index contributed by atoms with van der Waals surface area (Å²) in [5, 5.41) is 10.6. The van der Waals surface area contributed by atoms with Crippen LogP contribution < -0.4 is 4.74 Å². The third kappa shape index (κ3) is 3.21. The van der Waals surface area contributed by atoms with E-state index in [1.807, 2.05) is 41.8 Å². The summed E-state index contributed by atoms with van der Waals surface area (Å²) in [5.41, 5.74) is 6.06. The molecule has 5 rings (SSSR count). The van der Waals surface area contributed by atoms with Gasteiger partial charge in [-0.3, -0.25) is 9.55 Å². The van der Waals surface area contributed by atoms with Crippen LogP contribution in [-0.2, 0) is 6.61 Å². The monoisotopic (exact) mass is 413 g/mol. The first-order chi connectivity index (χ1) is 15.1. The van der Waals surface area contributed by atoms with Crippen LogP contribution in [0.1, 0.15) is 11.4 Å². The van der Waals surface area contributed by atoms with E-state index in [-0.39, 0.29) is 12.4 Å². The van der Waals surface area contributed by atoms with Crippen LogP contribution in [-0.4, -0.2) is 26.8 Å². The molecule has 0 fully saturated rings. The summed E-state index contributed by atoms with van der Waals surface area (Å²) < 4.78 is 20.8. The second-order valence-corrected chi connectivity index (χ2v) is 7.38. The lowest BCUT2D eigenvalue weighted by Crippen LogP contribution is -1.98. The summed E-state index contributed by atoms with van der Waals surface area (Å²) >= 11 is 0. The second-order valence-electron chi connectivity index (χ2n) is 7.38. The van der Waals surface area contributed by atoms with Crippen molar-refractivity contribution in [3.05, 3.63) is 84.1 Å². The molecule has 154 valence electrons. The Bertz CT molecular complexity index is 1420. The van der Waals surface area contributed by atoms with Gasteiger partial charge in [0, 0.05) is 16.6 Å². The summed E-state index contributed by atoms with van der Waals surface area (Å²) in [6.45, 7) is 1.82. The zero-order valence-corrected chi connectivity index (χ0v) is 17.1. The molecule has 1 N–H and O–H groups in total. The molecule has 3 aromatic carbocycles. The summed E-state index contributed by atoms with van der Waals surface area (Å²) in [4.78, 5) is 9.24. The first-order valence-corrected chi connectivity index (χ1v) is 9.91. The molecule has 0 bridgehead atoms. The van der Waals surface area contributed by atoms with Crippen molar-refractivity contribution >= 4 is 21.9 Å². The minimum Gasteiger partial charge on any atom is -0.496 e. The highest BCUT2D eigenvalue weighted by atomic mass is 19.1. The van der Waals surface area contributed by atoms with Crippen molar-refractivity contribution < 1.29 is 14.2 Å².